The number of nitrogens with zero attached hydrogens (tertiary/aromatic N) is 2. The van der Waals surface area contributed by atoms with Crippen LogP contribution in [0.2, 0.25) is 0 Å². The van der Waals surface area contributed by atoms with Crippen LogP contribution >= 0.6 is 24.8 Å². The molecule has 0 aliphatic carbocycles. The van der Waals surface area contributed by atoms with E-state index in [1.807, 2.05) is 6.07 Å². The molecular weight excluding hydrogens is 404 g/mol. The molecular formula is C20H30Cl2FN3O2. The van der Waals surface area contributed by atoms with Crippen LogP contribution in [0, 0.1) is 5.82 Å². The Balaban J connectivity index is 0.00000140. The Kier molecular flexibility index (Phi) is 6.91. The molecule has 1 spiro atoms. The lowest BCUT2D eigenvalue weighted by atomic mass is 9.84. The van der Waals surface area contributed by atoms with E-state index in [4.69, 9.17) is 4.74 Å². The topological polar surface area (TPSA) is 44.8 Å². The molecule has 0 radical (unpaired) electrons. The smallest absolute Gasteiger partial charge is 0.339 e. The third kappa shape index (κ3) is 3.97. The molecule has 2 saturated heterocycles. The fourth-order valence-corrected chi connectivity index (χ4v) is 4.50. The SMILES string of the molecule is CC(C)(C)N1CCN(c2cc(F)c3c(c2)C(=O)OC32CCNCC2)CC1.Cl.Cl. The highest BCUT2D eigenvalue weighted by Gasteiger charge is 2.48. The normalized spacial score (nSPS) is 21.6. The van der Waals surface area contributed by atoms with Gasteiger partial charge in [0.2, 0.25) is 0 Å². The van der Waals surface area contributed by atoms with Crippen LogP contribution in [0.3, 0.4) is 0 Å². The van der Waals surface area contributed by atoms with Crippen molar-refractivity contribution >= 4 is 36.5 Å². The zero-order valence-electron chi connectivity index (χ0n) is 16.7. The first kappa shape index (κ1) is 23.2. The summed E-state index contributed by atoms with van der Waals surface area (Å²) in [5, 5.41) is 3.25. The van der Waals surface area contributed by atoms with Crippen molar-refractivity contribution in [2.24, 2.45) is 0 Å². The quantitative estimate of drug-likeness (QED) is 0.687. The lowest BCUT2D eigenvalue weighted by Crippen LogP contribution is -2.53. The Morgan fingerprint density at radius 3 is 2.25 bits per heavy atom. The van der Waals surface area contributed by atoms with E-state index in [-0.39, 0.29) is 42.1 Å². The van der Waals surface area contributed by atoms with Crippen molar-refractivity contribution < 1.29 is 13.9 Å². The predicted octanol–water partition coefficient (Wildman–Crippen LogP) is 3.34. The number of piperazine rings is 1. The molecule has 0 amide bonds. The van der Waals surface area contributed by atoms with Gasteiger partial charge in [-0.05, 0) is 46.0 Å². The number of rotatable bonds is 1. The first-order valence-corrected chi connectivity index (χ1v) is 9.58. The minimum absolute atomic E-state index is 0. The molecule has 4 rings (SSSR count). The number of anilines is 1. The molecule has 158 valence electrons. The van der Waals surface area contributed by atoms with E-state index < -0.39 is 5.60 Å². The second-order valence-corrected chi connectivity index (χ2v) is 8.63. The van der Waals surface area contributed by atoms with E-state index in [9.17, 15) is 4.79 Å². The molecule has 3 heterocycles. The number of nitrogens with one attached hydrogen (secondary N) is 1. The van der Waals surface area contributed by atoms with Gasteiger partial charge in [0.25, 0.3) is 0 Å². The Morgan fingerprint density at radius 2 is 1.68 bits per heavy atom. The van der Waals surface area contributed by atoms with E-state index in [0.717, 1.165) is 45.0 Å². The molecule has 3 aliphatic rings. The summed E-state index contributed by atoms with van der Waals surface area (Å²) in [4.78, 5) is 17.1. The van der Waals surface area contributed by atoms with Crippen LogP contribution in [0.5, 0.6) is 0 Å². The van der Waals surface area contributed by atoms with Gasteiger partial charge < -0.3 is 15.0 Å². The molecule has 1 N–H and O–H groups in total. The molecule has 0 atom stereocenters. The van der Waals surface area contributed by atoms with Crippen LogP contribution in [0.1, 0.15) is 49.5 Å². The third-order valence-corrected chi connectivity index (χ3v) is 6.04. The van der Waals surface area contributed by atoms with Crippen LogP contribution in [-0.4, -0.2) is 55.7 Å². The molecule has 0 saturated carbocycles. The molecule has 1 aromatic carbocycles. The molecule has 2 fully saturated rings. The average molecular weight is 434 g/mol. The van der Waals surface area contributed by atoms with Crippen molar-refractivity contribution in [1.29, 1.82) is 0 Å². The average Bonchev–Trinajstić information content (AvgIpc) is 2.87. The van der Waals surface area contributed by atoms with Gasteiger partial charge in [-0.25, -0.2) is 9.18 Å². The van der Waals surface area contributed by atoms with Gasteiger partial charge in [-0.1, -0.05) is 0 Å². The molecule has 3 aliphatic heterocycles. The van der Waals surface area contributed by atoms with Crippen molar-refractivity contribution in [3.05, 3.63) is 29.1 Å². The summed E-state index contributed by atoms with van der Waals surface area (Å²) >= 11 is 0. The number of carbonyl (C=O) groups is 1. The summed E-state index contributed by atoms with van der Waals surface area (Å²) < 4.78 is 20.8. The van der Waals surface area contributed by atoms with Crippen LogP contribution < -0.4 is 10.2 Å². The molecule has 8 heteroatoms. The maximum atomic E-state index is 15.1. The van der Waals surface area contributed by atoms with Crippen molar-refractivity contribution in [3.63, 3.8) is 0 Å². The van der Waals surface area contributed by atoms with Crippen LogP contribution in [0.15, 0.2) is 12.1 Å². The van der Waals surface area contributed by atoms with Crippen molar-refractivity contribution in [2.75, 3.05) is 44.2 Å². The van der Waals surface area contributed by atoms with Gasteiger partial charge >= 0.3 is 5.97 Å². The third-order valence-electron chi connectivity index (χ3n) is 6.04. The number of benzene rings is 1. The fraction of sp³-hybridized carbons (Fsp3) is 0.650. The van der Waals surface area contributed by atoms with Crippen LogP contribution in [0.25, 0.3) is 0 Å². The summed E-state index contributed by atoms with van der Waals surface area (Å²) in [6.45, 7) is 11.7. The van der Waals surface area contributed by atoms with Crippen LogP contribution in [0.4, 0.5) is 10.1 Å². The zero-order valence-corrected chi connectivity index (χ0v) is 18.3. The Bertz CT molecular complexity index is 725. The summed E-state index contributed by atoms with van der Waals surface area (Å²) in [6, 6.07) is 3.43. The van der Waals surface area contributed by atoms with Gasteiger partial charge in [-0.3, -0.25) is 4.90 Å². The highest BCUT2D eigenvalue weighted by molar-refractivity contribution is 5.96. The van der Waals surface area contributed by atoms with Gasteiger partial charge in [0.1, 0.15) is 11.4 Å². The van der Waals surface area contributed by atoms with Gasteiger partial charge in [-0.15, -0.1) is 24.8 Å². The zero-order chi connectivity index (χ0) is 18.5. The summed E-state index contributed by atoms with van der Waals surface area (Å²) in [7, 11) is 0. The summed E-state index contributed by atoms with van der Waals surface area (Å²) in [5.74, 6) is -0.681. The maximum absolute atomic E-state index is 15.1. The van der Waals surface area contributed by atoms with E-state index in [1.54, 1.807) is 6.07 Å². The van der Waals surface area contributed by atoms with E-state index in [1.165, 1.54) is 0 Å². The Labute approximate surface area is 178 Å². The second-order valence-electron chi connectivity index (χ2n) is 8.63. The molecule has 0 bridgehead atoms. The van der Waals surface area contributed by atoms with E-state index >= 15 is 4.39 Å². The van der Waals surface area contributed by atoms with Crippen molar-refractivity contribution in [3.8, 4) is 0 Å². The number of hydrogen-bond acceptors (Lipinski definition) is 5. The maximum Gasteiger partial charge on any atom is 0.339 e. The van der Waals surface area contributed by atoms with Crippen molar-refractivity contribution in [2.45, 2.75) is 44.8 Å². The molecule has 0 aromatic heterocycles. The standard InChI is InChI=1S/C20H28FN3O2.2ClH/c1-19(2,3)24-10-8-23(9-11-24)14-12-15-17(16(21)13-14)20(26-18(15)25)4-6-22-7-5-20;;/h12-13,22H,4-11H2,1-3H3;2*1H. The number of hydrogen-bond donors (Lipinski definition) is 1. The number of carbonyl (C=O) groups excluding carboxylic acids is 1. The Morgan fingerprint density at radius 1 is 1.07 bits per heavy atom. The number of fused-ring (bicyclic) bond motifs is 2. The number of ether oxygens (including phenoxy) is 1. The van der Waals surface area contributed by atoms with Crippen molar-refractivity contribution in [1.82, 2.24) is 10.2 Å². The largest absolute Gasteiger partial charge is 0.450 e. The lowest BCUT2D eigenvalue weighted by Gasteiger charge is -2.43. The van der Waals surface area contributed by atoms with E-state index in [0.29, 0.717) is 24.0 Å². The predicted molar refractivity (Wildman–Crippen MR) is 114 cm³/mol. The first-order chi connectivity index (χ1) is 12.3. The highest BCUT2D eigenvalue weighted by atomic mass is 35.5. The van der Waals surface area contributed by atoms with Gasteiger partial charge in [0.15, 0.2) is 0 Å². The first-order valence-electron chi connectivity index (χ1n) is 9.58. The molecule has 1 aromatic rings. The Hall–Kier alpha value is -1.08. The van der Waals surface area contributed by atoms with E-state index in [2.05, 4.69) is 35.9 Å². The molecule has 28 heavy (non-hydrogen) atoms. The van der Waals surface area contributed by atoms with Gasteiger partial charge in [0.05, 0.1) is 5.56 Å². The summed E-state index contributed by atoms with van der Waals surface area (Å²) in [5.41, 5.74) is 1.05. The minimum atomic E-state index is -0.773. The molecule has 0 unspecified atom stereocenters. The highest BCUT2D eigenvalue weighted by Crippen LogP contribution is 2.45. The number of halogens is 3. The lowest BCUT2D eigenvalue weighted by molar-refractivity contribution is -0.0255. The van der Waals surface area contributed by atoms with Crippen LogP contribution in [-0.2, 0) is 10.3 Å². The second kappa shape index (κ2) is 8.34. The van der Waals surface area contributed by atoms with Gasteiger partial charge in [0, 0.05) is 55.8 Å². The number of piperidine rings is 1. The molecule has 5 nitrogen and oxygen atoms in total. The fourth-order valence-electron chi connectivity index (χ4n) is 4.50. The summed E-state index contributed by atoms with van der Waals surface area (Å²) in [6.07, 6.45) is 1.26. The monoisotopic (exact) mass is 433 g/mol. The number of esters is 1. The minimum Gasteiger partial charge on any atom is -0.450 e. The van der Waals surface area contributed by atoms with Gasteiger partial charge in [-0.2, -0.15) is 0 Å².